The Morgan fingerprint density at radius 1 is 1.20 bits per heavy atom. The van der Waals surface area contributed by atoms with Gasteiger partial charge in [-0.05, 0) is 49.9 Å². The summed E-state index contributed by atoms with van der Waals surface area (Å²) in [7, 11) is 0. The van der Waals surface area contributed by atoms with Crippen LogP contribution in [0.2, 0.25) is 5.02 Å². The van der Waals surface area contributed by atoms with Gasteiger partial charge in [0.2, 0.25) is 0 Å². The maximum atomic E-state index is 6.25. The molecule has 0 saturated carbocycles. The Hall–Kier alpha value is -0.570. The molecule has 0 spiro atoms. The van der Waals surface area contributed by atoms with Crippen molar-refractivity contribution in [3.63, 3.8) is 0 Å². The van der Waals surface area contributed by atoms with Gasteiger partial charge < -0.3 is 10.1 Å². The zero-order valence-corrected chi connectivity index (χ0v) is 13.6. The quantitative estimate of drug-likeness (QED) is 0.614. The first kappa shape index (κ1) is 17.5. The Kier molecular flexibility index (Phi) is 9.73. The fraction of sp³-hybridized carbons (Fsp3) is 0.647. The maximum Gasteiger partial charge on any atom is 0.0469 e. The molecule has 114 valence electrons. The van der Waals surface area contributed by atoms with Gasteiger partial charge in [0, 0.05) is 18.2 Å². The summed E-state index contributed by atoms with van der Waals surface area (Å²) in [5, 5.41) is 4.32. The van der Waals surface area contributed by atoms with Gasteiger partial charge in [0.15, 0.2) is 0 Å². The van der Waals surface area contributed by atoms with Crippen LogP contribution in [0, 0.1) is 5.92 Å². The van der Waals surface area contributed by atoms with Crippen molar-refractivity contribution >= 4 is 11.6 Å². The number of halogens is 1. The van der Waals surface area contributed by atoms with Gasteiger partial charge in [0.1, 0.15) is 0 Å². The summed E-state index contributed by atoms with van der Waals surface area (Å²) in [5.41, 5.74) is 1.24. The van der Waals surface area contributed by atoms with E-state index < -0.39 is 0 Å². The number of hydrogen-bond acceptors (Lipinski definition) is 2. The molecule has 1 atom stereocenters. The van der Waals surface area contributed by atoms with Crippen LogP contribution in [0.3, 0.4) is 0 Å². The minimum Gasteiger partial charge on any atom is -0.381 e. The summed E-state index contributed by atoms with van der Waals surface area (Å²) in [6, 6.07) is 8.14. The topological polar surface area (TPSA) is 21.3 Å². The average molecular weight is 298 g/mol. The monoisotopic (exact) mass is 297 g/mol. The summed E-state index contributed by atoms with van der Waals surface area (Å²) in [5.74, 6) is 0.580. The van der Waals surface area contributed by atoms with Gasteiger partial charge >= 0.3 is 0 Å². The Morgan fingerprint density at radius 3 is 2.70 bits per heavy atom. The van der Waals surface area contributed by atoms with Crippen LogP contribution in [0.5, 0.6) is 0 Å². The van der Waals surface area contributed by atoms with E-state index in [4.69, 9.17) is 16.3 Å². The minimum absolute atomic E-state index is 0.580. The van der Waals surface area contributed by atoms with Crippen molar-refractivity contribution in [2.24, 2.45) is 5.92 Å². The summed E-state index contributed by atoms with van der Waals surface area (Å²) in [4.78, 5) is 0. The van der Waals surface area contributed by atoms with E-state index in [2.05, 4.69) is 31.3 Å². The Labute approximate surface area is 128 Å². The van der Waals surface area contributed by atoms with Gasteiger partial charge in [-0.1, -0.05) is 50.1 Å². The molecule has 3 heteroatoms. The van der Waals surface area contributed by atoms with Crippen LogP contribution >= 0.6 is 11.6 Å². The number of rotatable bonds is 11. The summed E-state index contributed by atoms with van der Waals surface area (Å²) < 4.78 is 5.69. The number of nitrogens with one attached hydrogen (secondary N) is 1. The Bertz CT molecular complexity index is 357. The summed E-state index contributed by atoms with van der Waals surface area (Å²) in [6.45, 7) is 8.10. The molecule has 0 saturated heterocycles. The maximum absolute atomic E-state index is 6.25. The molecule has 0 aromatic heterocycles. The lowest BCUT2D eigenvalue weighted by Gasteiger charge is -2.18. The first-order valence-corrected chi connectivity index (χ1v) is 8.17. The zero-order valence-electron chi connectivity index (χ0n) is 12.8. The predicted molar refractivity (Wildman–Crippen MR) is 87.5 cm³/mol. The molecule has 0 fully saturated rings. The molecule has 2 nitrogen and oxygen atoms in total. The lowest BCUT2D eigenvalue weighted by molar-refractivity contribution is 0.117. The van der Waals surface area contributed by atoms with E-state index in [0.717, 1.165) is 50.6 Å². The Balaban J connectivity index is 2.41. The smallest absolute Gasteiger partial charge is 0.0469 e. The van der Waals surface area contributed by atoms with E-state index in [1.165, 1.54) is 12.0 Å². The molecule has 0 radical (unpaired) electrons. The molecule has 0 heterocycles. The molecule has 0 aliphatic carbocycles. The van der Waals surface area contributed by atoms with Crippen molar-refractivity contribution in [3.8, 4) is 0 Å². The summed E-state index contributed by atoms with van der Waals surface area (Å²) >= 11 is 6.25. The van der Waals surface area contributed by atoms with Crippen LogP contribution in [-0.4, -0.2) is 26.3 Å². The van der Waals surface area contributed by atoms with E-state index in [-0.39, 0.29) is 0 Å². The molecule has 0 aliphatic heterocycles. The normalized spacial score (nSPS) is 12.6. The highest BCUT2D eigenvalue weighted by atomic mass is 35.5. The van der Waals surface area contributed by atoms with Crippen molar-refractivity contribution in [2.45, 2.75) is 39.5 Å². The van der Waals surface area contributed by atoms with E-state index in [0.29, 0.717) is 5.92 Å². The van der Waals surface area contributed by atoms with E-state index in [1.807, 2.05) is 12.1 Å². The molecule has 1 rings (SSSR count). The number of ether oxygens (including phenoxy) is 1. The van der Waals surface area contributed by atoms with E-state index in [9.17, 15) is 0 Å². The van der Waals surface area contributed by atoms with Crippen LogP contribution in [-0.2, 0) is 11.2 Å². The molecule has 0 bridgehead atoms. The van der Waals surface area contributed by atoms with Gasteiger partial charge in [-0.25, -0.2) is 0 Å². The second-order valence-electron chi connectivity index (χ2n) is 5.22. The number of unbranched alkanes of at least 4 members (excludes halogenated alkanes) is 1. The molecule has 20 heavy (non-hydrogen) atoms. The van der Waals surface area contributed by atoms with Crippen LogP contribution in [0.4, 0.5) is 0 Å². The largest absolute Gasteiger partial charge is 0.381 e. The highest BCUT2D eigenvalue weighted by molar-refractivity contribution is 6.31. The molecule has 0 amide bonds. The van der Waals surface area contributed by atoms with Gasteiger partial charge in [-0.3, -0.25) is 0 Å². The molecular formula is C17H28ClNO. The van der Waals surface area contributed by atoms with Crippen molar-refractivity contribution in [1.29, 1.82) is 0 Å². The Morgan fingerprint density at radius 2 is 2.00 bits per heavy atom. The average Bonchev–Trinajstić information content (AvgIpc) is 2.46. The second-order valence-corrected chi connectivity index (χ2v) is 5.63. The van der Waals surface area contributed by atoms with Crippen LogP contribution in [0.25, 0.3) is 0 Å². The van der Waals surface area contributed by atoms with E-state index in [1.54, 1.807) is 0 Å². The minimum atomic E-state index is 0.580. The molecule has 1 N–H and O–H groups in total. The SMILES string of the molecule is CCCCOCCC(CNCC)Cc1ccccc1Cl. The van der Waals surface area contributed by atoms with Crippen molar-refractivity contribution in [2.75, 3.05) is 26.3 Å². The van der Waals surface area contributed by atoms with Crippen LogP contribution < -0.4 is 5.32 Å². The first-order valence-electron chi connectivity index (χ1n) is 7.79. The third-order valence-corrected chi connectivity index (χ3v) is 3.83. The molecule has 0 aliphatic rings. The molecule has 1 aromatic rings. The first-order chi connectivity index (χ1) is 9.77. The second kappa shape index (κ2) is 11.1. The fourth-order valence-corrected chi connectivity index (χ4v) is 2.41. The van der Waals surface area contributed by atoms with Gasteiger partial charge in [0.05, 0.1) is 0 Å². The third kappa shape index (κ3) is 7.28. The molecule has 1 aromatic carbocycles. The van der Waals surface area contributed by atoms with Crippen LogP contribution in [0.1, 0.15) is 38.7 Å². The lowest BCUT2D eigenvalue weighted by atomic mass is 9.96. The molecular weight excluding hydrogens is 270 g/mol. The summed E-state index contributed by atoms with van der Waals surface area (Å²) in [6.07, 6.45) is 4.45. The highest BCUT2D eigenvalue weighted by Crippen LogP contribution is 2.20. The zero-order chi connectivity index (χ0) is 14.6. The van der Waals surface area contributed by atoms with Gasteiger partial charge in [-0.2, -0.15) is 0 Å². The number of benzene rings is 1. The third-order valence-electron chi connectivity index (χ3n) is 3.46. The lowest BCUT2D eigenvalue weighted by Crippen LogP contribution is -2.25. The van der Waals surface area contributed by atoms with Crippen molar-refractivity contribution in [1.82, 2.24) is 5.32 Å². The predicted octanol–water partition coefficient (Wildman–Crippen LogP) is 4.32. The van der Waals surface area contributed by atoms with Gasteiger partial charge in [-0.15, -0.1) is 0 Å². The van der Waals surface area contributed by atoms with Crippen molar-refractivity contribution < 1.29 is 4.74 Å². The standard InChI is InChI=1S/C17H28ClNO/c1-3-5-11-20-12-10-15(14-19-4-2)13-16-8-6-7-9-17(16)18/h6-9,15,19H,3-5,10-14H2,1-2H3. The van der Waals surface area contributed by atoms with Crippen molar-refractivity contribution in [3.05, 3.63) is 34.9 Å². The van der Waals surface area contributed by atoms with Gasteiger partial charge in [0.25, 0.3) is 0 Å². The fourth-order valence-electron chi connectivity index (χ4n) is 2.20. The molecule has 1 unspecified atom stereocenters. The number of hydrogen-bond donors (Lipinski definition) is 1. The van der Waals surface area contributed by atoms with E-state index >= 15 is 0 Å². The van der Waals surface area contributed by atoms with Crippen LogP contribution in [0.15, 0.2) is 24.3 Å². The highest BCUT2D eigenvalue weighted by Gasteiger charge is 2.11.